The van der Waals surface area contributed by atoms with Crippen LogP contribution in [0.3, 0.4) is 0 Å². The predicted molar refractivity (Wildman–Crippen MR) is 55.8 cm³/mol. The predicted octanol–water partition coefficient (Wildman–Crippen LogP) is 1.97. The molecule has 1 unspecified atom stereocenters. The summed E-state index contributed by atoms with van der Waals surface area (Å²) in [5.41, 5.74) is 0. The summed E-state index contributed by atoms with van der Waals surface area (Å²) in [7, 11) is 1.75. The van der Waals surface area contributed by atoms with Crippen LogP contribution < -0.4 is 5.32 Å². The van der Waals surface area contributed by atoms with Crippen LogP contribution >= 0.6 is 0 Å². The van der Waals surface area contributed by atoms with Crippen molar-refractivity contribution in [2.75, 3.05) is 20.3 Å². The summed E-state index contributed by atoms with van der Waals surface area (Å²) >= 11 is 0. The van der Waals surface area contributed by atoms with E-state index in [2.05, 4.69) is 24.4 Å². The van der Waals surface area contributed by atoms with E-state index in [0.29, 0.717) is 5.92 Å². The van der Waals surface area contributed by atoms with Crippen molar-refractivity contribution in [2.45, 2.75) is 32.2 Å². The van der Waals surface area contributed by atoms with Gasteiger partial charge in [0.05, 0.1) is 6.61 Å². The third kappa shape index (κ3) is 5.83. The van der Waals surface area contributed by atoms with E-state index in [-0.39, 0.29) is 0 Å². The van der Waals surface area contributed by atoms with Crippen LogP contribution in [0.25, 0.3) is 0 Å². The average molecular weight is 183 g/mol. The molecule has 0 aromatic rings. The molecule has 2 nitrogen and oxygen atoms in total. The van der Waals surface area contributed by atoms with Crippen molar-refractivity contribution in [3.05, 3.63) is 12.2 Å². The van der Waals surface area contributed by atoms with Gasteiger partial charge in [0.25, 0.3) is 0 Å². The smallest absolute Gasteiger partial charge is 0.0522 e. The topological polar surface area (TPSA) is 21.3 Å². The van der Waals surface area contributed by atoms with E-state index in [1.807, 2.05) is 0 Å². The zero-order chi connectivity index (χ0) is 9.52. The fraction of sp³-hybridized carbons (Fsp3) is 0.818. The first kappa shape index (κ1) is 10.7. The van der Waals surface area contributed by atoms with E-state index in [0.717, 1.165) is 25.6 Å². The van der Waals surface area contributed by atoms with Crippen LogP contribution in [-0.2, 0) is 4.74 Å². The Hall–Kier alpha value is -0.340. The van der Waals surface area contributed by atoms with Gasteiger partial charge in [0.15, 0.2) is 0 Å². The summed E-state index contributed by atoms with van der Waals surface area (Å²) < 4.78 is 5.04. The van der Waals surface area contributed by atoms with Crippen molar-refractivity contribution in [2.24, 2.45) is 5.92 Å². The summed E-state index contributed by atoms with van der Waals surface area (Å²) in [6.07, 6.45) is 8.38. The first-order chi connectivity index (χ1) is 6.33. The zero-order valence-electron chi connectivity index (χ0n) is 8.75. The Kier molecular flexibility index (Phi) is 5.09. The quantitative estimate of drug-likeness (QED) is 0.481. The second-order valence-corrected chi connectivity index (χ2v) is 3.88. The molecule has 2 heteroatoms. The van der Waals surface area contributed by atoms with Crippen LogP contribution in [0, 0.1) is 5.92 Å². The number of rotatable bonds is 7. The molecule has 0 bridgehead atoms. The molecule has 0 radical (unpaired) electrons. The molecule has 0 aliphatic heterocycles. The van der Waals surface area contributed by atoms with E-state index in [1.54, 1.807) is 7.11 Å². The largest absolute Gasteiger partial charge is 0.384 e. The van der Waals surface area contributed by atoms with Gasteiger partial charge >= 0.3 is 0 Å². The Labute approximate surface area is 81.4 Å². The zero-order valence-corrected chi connectivity index (χ0v) is 8.75. The van der Waals surface area contributed by atoms with Crippen LogP contribution in [0.15, 0.2) is 12.2 Å². The minimum absolute atomic E-state index is 0.547. The second-order valence-electron chi connectivity index (χ2n) is 3.88. The Balaban J connectivity index is 1.89. The van der Waals surface area contributed by atoms with Crippen molar-refractivity contribution in [1.29, 1.82) is 0 Å². The van der Waals surface area contributed by atoms with Crippen molar-refractivity contribution >= 4 is 0 Å². The fourth-order valence-corrected chi connectivity index (χ4v) is 1.31. The highest BCUT2D eigenvalue weighted by molar-refractivity contribution is 4.88. The van der Waals surface area contributed by atoms with Gasteiger partial charge in [-0.25, -0.2) is 0 Å². The Bertz CT molecular complexity index is 152. The van der Waals surface area contributed by atoms with Gasteiger partial charge in [0.2, 0.25) is 0 Å². The summed E-state index contributed by atoms with van der Waals surface area (Å²) in [5, 5.41) is 3.48. The molecule has 76 valence electrons. The van der Waals surface area contributed by atoms with E-state index < -0.39 is 0 Å². The Morgan fingerprint density at radius 2 is 2.31 bits per heavy atom. The van der Waals surface area contributed by atoms with Crippen molar-refractivity contribution in [3.63, 3.8) is 0 Å². The average Bonchev–Trinajstić information content (AvgIpc) is 2.88. The molecule has 0 saturated heterocycles. The highest BCUT2D eigenvalue weighted by Crippen LogP contribution is 2.18. The summed E-state index contributed by atoms with van der Waals surface area (Å²) in [6, 6.07) is 0.838. The second kappa shape index (κ2) is 6.17. The molecular formula is C11H21NO. The van der Waals surface area contributed by atoms with Crippen LogP contribution in [0.5, 0.6) is 0 Å². The van der Waals surface area contributed by atoms with Gasteiger partial charge in [-0.3, -0.25) is 0 Å². The lowest BCUT2D eigenvalue weighted by molar-refractivity contribution is 0.176. The monoisotopic (exact) mass is 183 g/mol. The SMILES string of the molecule is COCC(C)/C=C/CCNC1CC1. The molecule has 1 fully saturated rings. The van der Waals surface area contributed by atoms with E-state index in [9.17, 15) is 0 Å². The van der Waals surface area contributed by atoms with Gasteiger partial charge in [-0.05, 0) is 31.7 Å². The lowest BCUT2D eigenvalue weighted by Crippen LogP contribution is -2.16. The first-order valence-corrected chi connectivity index (χ1v) is 5.22. The molecule has 1 rings (SSSR count). The van der Waals surface area contributed by atoms with E-state index in [4.69, 9.17) is 4.74 Å². The lowest BCUT2D eigenvalue weighted by atomic mass is 10.2. The maximum absolute atomic E-state index is 5.04. The molecular weight excluding hydrogens is 162 g/mol. The van der Waals surface area contributed by atoms with Crippen molar-refractivity contribution < 1.29 is 4.74 Å². The van der Waals surface area contributed by atoms with Crippen molar-refractivity contribution in [3.8, 4) is 0 Å². The van der Waals surface area contributed by atoms with E-state index >= 15 is 0 Å². The Morgan fingerprint density at radius 1 is 1.54 bits per heavy atom. The Morgan fingerprint density at radius 3 is 2.92 bits per heavy atom. The molecule has 13 heavy (non-hydrogen) atoms. The van der Waals surface area contributed by atoms with Gasteiger partial charge in [-0.15, -0.1) is 0 Å². The minimum Gasteiger partial charge on any atom is -0.384 e. The standard InChI is InChI=1S/C11H21NO/c1-10(9-13-2)5-3-4-8-12-11-6-7-11/h3,5,10-12H,4,6-9H2,1-2H3/b5-3+. The van der Waals surface area contributed by atoms with Gasteiger partial charge in [-0.2, -0.15) is 0 Å². The third-order valence-corrected chi connectivity index (χ3v) is 2.22. The molecule has 0 aromatic carbocycles. The maximum Gasteiger partial charge on any atom is 0.0522 e. The highest BCUT2D eigenvalue weighted by Gasteiger charge is 2.19. The summed E-state index contributed by atoms with van der Waals surface area (Å²) in [4.78, 5) is 0. The van der Waals surface area contributed by atoms with Gasteiger partial charge in [0, 0.05) is 13.2 Å². The molecule has 0 spiro atoms. The number of hydrogen-bond donors (Lipinski definition) is 1. The highest BCUT2D eigenvalue weighted by atomic mass is 16.5. The first-order valence-electron chi connectivity index (χ1n) is 5.22. The van der Waals surface area contributed by atoms with Crippen LogP contribution in [0.1, 0.15) is 26.2 Å². The molecule has 1 atom stereocenters. The number of ether oxygens (including phenoxy) is 1. The number of methoxy groups -OCH3 is 1. The molecule has 1 saturated carbocycles. The van der Waals surface area contributed by atoms with E-state index in [1.165, 1.54) is 12.8 Å². The number of nitrogens with one attached hydrogen (secondary N) is 1. The molecule has 1 aliphatic rings. The lowest BCUT2D eigenvalue weighted by Gasteiger charge is -2.03. The summed E-state index contributed by atoms with van der Waals surface area (Å²) in [6.45, 7) is 4.13. The van der Waals surface area contributed by atoms with Gasteiger partial charge in [0.1, 0.15) is 0 Å². The molecule has 0 aromatic heterocycles. The third-order valence-electron chi connectivity index (χ3n) is 2.22. The summed E-state index contributed by atoms with van der Waals surface area (Å²) in [5.74, 6) is 0.547. The number of hydrogen-bond acceptors (Lipinski definition) is 2. The van der Waals surface area contributed by atoms with Crippen LogP contribution in [-0.4, -0.2) is 26.3 Å². The fourth-order valence-electron chi connectivity index (χ4n) is 1.31. The van der Waals surface area contributed by atoms with Crippen LogP contribution in [0.2, 0.25) is 0 Å². The molecule has 0 heterocycles. The normalized spacial score (nSPS) is 19.5. The van der Waals surface area contributed by atoms with Crippen LogP contribution in [0.4, 0.5) is 0 Å². The molecule has 1 N–H and O–H groups in total. The minimum atomic E-state index is 0.547. The maximum atomic E-state index is 5.04. The van der Waals surface area contributed by atoms with Gasteiger partial charge < -0.3 is 10.1 Å². The molecule has 0 amide bonds. The van der Waals surface area contributed by atoms with Crippen molar-refractivity contribution in [1.82, 2.24) is 5.32 Å². The molecule has 1 aliphatic carbocycles. The van der Waals surface area contributed by atoms with Gasteiger partial charge in [-0.1, -0.05) is 19.1 Å².